The van der Waals surface area contributed by atoms with Crippen LogP contribution in [0.3, 0.4) is 0 Å². The van der Waals surface area contributed by atoms with Crippen LogP contribution in [0.2, 0.25) is 0 Å². The van der Waals surface area contributed by atoms with Crippen LogP contribution in [0.25, 0.3) is 16.9 Å². The molecule has 2 N–H and O–H groups in total. The largest absolute Gasteiger partial charge is 0.369 e. The Bertz CT molecular complexity index is 860. The lowest BCUT2D eigenvalue weighted by Gasteiger charge is -2.08. The molecule has 0 unspecified atom stereocenters. The van der Waals surface area contributed by atoms with Gasteiger partial charge in [-0.2, -0.15) is 5.26 Å². The molecule has 0 aliphatic rings. The van der Waals surface area contributed by atoms with Gasteiger partial charge in [-0.25, -0.2) is 9.97 Å². The van der Waals surface area contributed by atoms with Crippen molar-refractivity contribution >= 4 is 33.0 Å². The van der Waals surface area contributed by atoms with E-state index >= 15 is 0 Å². The number of anilines is 1. The van der Waals surface area contributed by atoms with Crippen LogP contribution >= 0.6 is 15.9 Å². The van der Waals surface area contributed by atoms with Crippen molar-refractivity contribution in [3.05, 3.63) is 46.1 Å². The fourth-order valence-electron chi connectivity index (χ4n) is 2.06. The topological polar surface area (TPSA) is 80.5 Å². The van der Waals surface area contributed by atoms with E-state index in [-0.39, 0.29) is 0 Å². The molecule has 0 aliphatic carbocycles. The summed E-state index contributed by atoms with van der Waals surface area (Å²) in [5.74, 6) is 0.364. The first-order valence-electron chi connectivity index (χ1n) is 5.92. The van der Waals surface area contributed by atoms with Crippen LogP contribution in [0.5, 0.6) is 0 Å². The Morgan fingerprint density at radius 3 is 2.75 bits per heavy atom. The zero-order valence-corrected chi connectivity index (χ0v) is 12.2. The summed E-state index contributed by atoms with van der Waals surface area (Å²) in [4.78, 5) is 8.80. The summed E-state index contributed by atoms with van der Waals surface area (Å²) in [5, 5.41) is 8.92. The van der Waals surface area contributed by atoms with Crippen LogP contribution in [-0.4, -0.2) is 14.5 Å². The number of hydrogen-bond acceptors (Lipinski definition) is 4. The fourth-order valence-corrected chi connectivity index (χ4v) is 2.62. The number of nitrogens with zero attached hydrogens (tertiary/aromatic N) is 4. The van der Waals surface area contributed by atoms with Crippen molar-refractivity contribution in [2.24, 2.45) is 0 Å². The average Bonchev–Trinajstić information content (AvgIpc) is 2.74. The minimum Gasteiger partial charge on any atom is -0.369 e. The Morgan fingerprint density at radius 1 is 1.25 bits per heavy atom. The van der Waals surface area contributed by atoms with Crippen molar-refractivity contribution in [1.29, 1.82) is 5.26 Å². The zero-order chi connectivity index (χ0) is 14.3. The predicted octanol–water partition coefficient (Wildman–Crippen LogP) is 2.95. The number of imidazole rings is 1. The lowest BCUT2D eigenvalue weighted by molar-refractivity contribution is 1.06. The number of fused-ring (bicyclic) bond motifs is 1. The molecule has 20 heavy (non-hydrogen) atoms. The van der Waals surface area contributed by atoms with E-state index < -0.39 is 0 Å². The quantitative estimate of drug-likeness (QED) is 0.745. The Kier molecular flexibility index (Phi) is 2.92. The summed E-state index contributed by atoms with van der Waals surface area (Å²) in [6.07, 6.45) is 0. The number of nitrogen functional groups attached to an aromatic ring is 1. The fraction of sp³-hybridized carbons (Fsp3) is 0.0714. The molecule has 1 aromatic carbocycles. The molecular weight excluding hydrogens is 318 g/mol. The molecule has 0 aliphatic heterocycles. The molecule has 5 nitrogen and oxygen atoms in total. The number of aryl methyl sites for hydroxylation is 1. The molecule has 0 saturated heterocycles. The first-order chi connectivity index (χ1) is 9.60. The molecule has 0 saturated carbocycles. The van der Waals surface area contributed by atoms with Gasteiger partial charge >= 0.3 is 0 Å². The summed E-state index contributed by atoms with van der Waals surface area (Å²) in [5.41, 5.74) is 9.72. The maximum absolute atomic E-state index is 8.92. The lowest BCUT2D eigenvalue weighted by atomic mass is 10.2. The molecule has 0 spiro atoms. The minimum atomic E-state index is 0.364. The first kappa shape index (κ1) is 12.6. The highest BCUT2D eigenvalue weighted by Gasteiger charge is 2.14. The summed E-state index contributed by atoms with van der Waals surface area (Å²) in [7, 11) is 0. The number of pyridine rings is 1. The standard InChI is InChI=1S/C14H10BrN5/c1-8-2-4-11-13(18-8)20(14(17)19-11)12-5-3-9(7-16)6-10(12)15/h2-6H,1H3,(H2,17,19). The van der Waals surface area contributed by atoms with Crippen molar-refractivity contribution in [2.75, 3.05) is 5.73 Å². The van der Waals surface area contributed by atoms with Crippen molar-refractivity contribution in [2.45, 2.75) is 6.92 Å². The van der Waals surface area contributed by atoms with Crippen molar-refractivity contribution in [3.8, 4) is 11.8 Å². The molecule has 3 aromatic rings. The summed E-state index contributed by atoms with van der Waals surface area (Å²) < 4.78 is 2.54. The van der Waals surface area contributed by atoms with Crippen molar-refractivity contribution in [1.82, 2.24) is 14.5 Å². The predicted molar refractivity (Wildman–Crippen MR) is 80.4 cm³/mol. The number of nitriles is 1. The third-order valence-electron chi connectivity index (χ3n) is 2.99. The molecule has 2 heterocycles. The number of aromatic nitrogens is 3. The summed E-state index contributed by atoms with van der Waals surface area (Å²) in [6.45, 7) is 1.92. The molecule has 0 bridgehead atoms. The summed E-state index contributed by atoms with van der Waals surface area (Å²) >= 11 is 3.46. The van der Waals surface area contributed by atoms with Gasteiger partial charge in [-0.15, -0.1) is 0 Å². The van der Waals surface area contributed by atoms with Crippen molar-refractivity contribution < 1.29 is 0 Å². The molecule has 98 valence electrons. The molecule has 0 fully saturated rings. The molecule has 0 radical (unpaired) electrons. The highest BCUT2D eigenvalue weighted by molar-refractivity contribution is 9.10. The number of nitrogens with two attached hydrogens (primary N) is 1. The van der Waals surface area contributed by atoms with E-state index in [1.165, 1.54) is 0 Å². The van der Waals surface area contributed by atoms with Gasteiger partial charge in [0.2, 0.25) is 5.95 Å². The second-order valence-corrected chi connectivity index (χ2v) is 5.23. The Labute approximate surface area is 123 Å². The first-order valence-corrected chi connectivity index (χ1v) is 6.71. The van der Waals surface area contributed by atoms with Gasteiger partial charge in [0, 0.05) is 10.2 Å². The molecule has 3 rings (SSSR count). The summed E-state index contributed by atoms with van der Waals surface area (Å²) in [6, 6.07) is 11.2. The van der Waals surface area contributed by atoms with E-state index in [2.05, 4.69) is 32.0 Å². The van der Waals surface area contributed by atoms with E-state index in [1.807, 2.05) is 25.1 Å². The van der Waals surface area contributed by atoms with E-state index in [9.17, 15) is 0 Å². The second-order valence-electron chi connectivity index (χ2n) is 4.38. The minimum absolute atomic E-state index is 0.364. The second kappa shape index (κ2) is 4.62. The monoisotopic (exact) mass is 327 g/mol. The van der Waals surface area contributed by atoms with Crippen LogP contribution in [-0.2, 0) is 0 Å². The van der Waals surface area contributed by atoms with Gasteiger partial charge in [0.05, 0.1) is 17.3 Å². The molecule has 0 amide bonds. The third kappa shape index (κ3) is 1.92. The maximum atomic E-state index is 8.92. The number of hydrogen-bond donors (Lipinski definition) is 1. The molecule has 0 atom stereocenters. The van der Waals surface area contributed by atoms with Gasteiger partial charge in [0.15, 0.2) is 5.65 Å². The SMILES string of the molecule is Cc1ccc2nc(N)n(-c3ccc(C#N)cc3Br)c2n1. The van der Waals surface area contributed by atoms with Gasteiger partial charge in [-0.3, -0.25) is 4.57 Å². The van der Waals surface area contributed by atoms with Crippen LogP contribution in [0.1, 0.15) is 11.3 Å². The lowest BCUT2D eigenvalue weighted by Crippen LogP contribution is -2.02. The number of rotatable bonds is 1. The average molecular weight is 328 g/mol. The van der Waals surface area contributed by atoms with E-state index in [4.69, 9.17) is 11.0 Å². The Hall–Kier alpha value is -2.39. The van der Waals surface area contributed by atoms with Gasteiger partial charge in [-0.1, -0.05) is 0 Å². The maximum Gasteiger partial charge on any atom is 0.207 e. The van der Waals surface area contributed by atoms with Crippen LogP contribution < -0.4 is 5.73 Å². The normalized spacial score (nSPS) is 10.7. The number of benzene rings is 1. The Balaban J connectivity index is 2.32. The molecule has 2 aromatic heterocycles. The highest BCUT2D eigenvalue weighted by atomic mass is 79.9. The van der Waals surface area contributed by atoms with Gasteiger partial charge in [0.1, 0.15) is 5.52 Å². The molecule has 6 heteroatoms. The molecular formula is C14H10BrN5. The van der Waals surface area contributed by atoms with E-state index in [1.54, 1.807) is 16.7 Å². The van der Waals surface area contributed by atoms with E-state index in [0.29, 0.717) is 17.2 Å². The zero-order valence-electron chi connectivity index (χ0n) is 10.6. The Morgan fingerprint density at radius 2 is 2.05 bits per heavy atom. The number of halogens is 1. The van der Waals surface area contributed by atoms with Crippen LogP contribution in [0.4, 0.5) is 5.95 Å². The van der Waals surface area contributed by atoms with Gasteiger partial charge in [-0.05, 0) is 53.2 Å². The highest BCUT2D eigenvalue weighted by Crippen LogP contribution is 2.28. The smallest absolute Gasteiger partial charge is 0.207 e. The van der Waals surface area contributed by atoms with Crippen LogP contribution in [0.15, 0.2) is 34.8 Å². The van der Waals surface area contributed by atoms with Gasteiger partial charge in [0.25, 0.3) is 0 Å². The van der Waals surface area contributed by atoms with Gasteiger partial charge < -0.3 is 5.73 Å². The van der Waals surface area contributed by atoms with Crippen LogP contribution in [0, 0.1) is 18.3 Å². The van der Waals surface area contributed by atoms with Crippen molar-refractivity contribution in [3.63, 3.8) is 0 Å². The van der Waals surface area contributed by atoms with E-state index in [0.717, 1.165) is 21.4 Å². The third-order valence-corrected chi connectivity index (χ3v) is 3.62.